The van der Waals surface area contributed by atoms with Crippen molar-refractivity contribution in [2.75, 3.05) is 26.3 Å². The lowest BCUT2D eigenvalue weighted by atomic mass is 9.92. The van der Waals surface area contributed by atoms with Crippen molar-refractivity contribution < 1.29 is 19.1 Å². The number of hydrogen-bond acceptors (Lipinski definition) is 6. The molecule has 3 rings (SSSR count). The average molecular weight is 344 g/mol. The number of morpholine rings is 1. The van der Waals surface area contributed by atoms with Gasteiger partial charge in [0.25, 0.3) is 0 Å². The average Bonchev–Trinajstić information content (AvgIpc) is 2.64. The van der Waals surface area contributed by atoms with Gasteiger partial charge in [-0.15, -0.1) is 0 Å². The van der Waals surface area contributed by atoms with E-state index in [4.69, 9.17) is 9.15 Å². The Morgan fingerprint density at radius 2 is 2.16 bits per heavy atom. The molecule has 132 valence electrons. The Kier molecular flexibility index (Phi) is 5.14. The molecular weight excluding hydrogens is 324 g/mol. The number of carbonyl (C=O) groups is 1. The Labute approximate surface area is 144 Å². The number of nitrogens with zero attached hydrogens (tertiary/aromatic N) is 2. The standard InChI is InChI=1S/C18H20N2O5/c1-12-9-15(21)17(23)18(25-12)14(13-3-2-4-19-11-13)10-16(22)20-5-7-24-8-6-20/h2-4,9,11,14,23H,5-8,10H2,1H3. The number of aromatic hydroxyl groups is 1. The second-order valence-corrected chi connectivity index (χ2v) is 5.97. The van der Waals surface area contributed by atoms with Crippen LogP contribution in [0.1, 0.15) is 29.4 Å². The predicted molar refractivity (Wildman–Crippen MR) is 89.5 cm³/mol. The second kappa shape index (κ2) is 7.48. The van der Waals surface area contributed by atoms with E-state index in [0.29, 0.717) is 37.6 Å². The Bertz CT molecular complexity index is 797. The summed E-state index contributed by atoms with van der Waals surface area (Å²) in [5, 5.41) is 10.2. The maximum Gasteiger partial charge on any atom is 0.227 e. The second-order valence-electron chi connectivity index (χ2n) is 5.97. The molecule has 0 spiro atoms. The molecule has 0 saturated carbocycles. The van der Waals surface area contributed by atoms with Crippen molar-refractivity contribution >= 4 is 5.91 Å². The number of pyridine rings is 1. The molecular formula is C18H20N2O5. The van der Waals surface area contributed by atoms with Crippen LogP contribution in [0.4, 0.5) is 0 Å². The van der Waals surface area contributed by atoms with Gasteiger partial charge in [0.05, 0.1) is 19.1 Å². The van der Waals surface area contributed by atoms with E-state index in [1.807, 2.05) is 0 Å². The molecule has 7 heteroatoms. The third-order valence-electron chi connectivity index (χ3n) is 4.22. The van der Waals surface area contributed by atoms with Crippen LogP contribution in [0.5, 0.6) is 5.75 Å². The van der Waals surface area contributed by atoms with Crippen LogP contribution in [-0.4, -0.2) is 47.2 Å². The highest BCUT2D eigenvalue weighted by atomic mass is 16.5. The fraction of sp³-hybridized carbons (Fsp3) is 0.389. The van der Waals surface area contributed by atoms with Crippen molar-refractivity contribution in [3.63, 3.8) is 0 Å². The summed E-state index contributed by atoms with van der Waals surface area (Å²) in [5.74, 6) is -0.656. The SMILES string of the molecule is Cc1cc(=O)c(O)c(C(CC(=O)N2CCOCC2)c2cccnc2)o1. The van der Waals surface area contributed by atoms with E-state index in [9.17, 15) is 14.7 Å². The topological polar surface area (TPSA) is 92.9 Å². The quantitative estimate of drug-likeness (QED) is 0.902. The Balaban J connectivity index is 1.96. The molecule has 0 aromatic carbocycles. The van der Waals surface area contributed by atoms with Crippen LogP contribution in [0, 0.1) is 6.92 Å². The minimum absolute atomic E-state index is 0.0750. The molecule has 0 aliphatic carbocycles. The molecule has 7 nitrogen and oxygen atoms in total. The van der Waals surface area contributed by atoms with Gasteiger partial charge in [-0.05, 0) is 18.6 Å². The normalized spacial score (nSPS) is 15.8. The lowest BCUT2D eigenvalue weighted by Crippen LogP contribution is -2.41. The Morgan fingerprint density at radius 3 is 2.84 bits per heavy atom. The van der Waals surface area contributed by atoms with E-state index in [0.717, 1.165) is 0 Å². The number of rotatable bonds is 4. The van der Waals surface area contributed by atoms with Crippen LogP contribution in [0.15, 0.2) is 39.8 Å². The van der Waals surface area contributed by atoms with Gasteiger partial charge in [-0.3, -0.25) is 14.6 Å². The first-order valence-corrected chi connectivity index (χ1v) is 8.15. The summed E-state index contributed by atoms with van der Waals surface area (Å²) in [6, 6.07) is 4.77. The van der Waals surface area contributed by atoms with Gasteiger partial charge >= 0.3 is 0 Å². The third-order valence-corrected chi connectivity index (χ3v) is 4.22. The van der Waals surface area contributed by atoms with Gasteiger partial charge in [0, 0.05) is 38.0 Å². The Hall–Kier alpha value is -2.67. The minimum Gasteiger partial charge on any atom is -0.502 e. The van der Waals surface area contributed by atoms with Crippen molar-refractivity contribution in [1.82, 2.24) is 9.88 Å². The van der Waals surface area contributed by atoms with E-state index in [2.05, 4.69) is 4.98 Å². The highest BCUT2D eigenvalue weighted by Crippen LogP contribution is 2.33. The van der Waals surface area contributed by atoms with Crippen LogP contribution >= 0.6 is 0 Å². The third kappa shape index (κ3) is 3.88. The molecule has 25 heavy (non-hydrogen) atoms. The summed E-state index contributed by atoms with van der Waals surface area (Å²) in [7, 11) is 0. The summed E-state index contributed by atoms with van der Waals surface area (Å²) >= 11 is 0. The molecule has 1 aliphatic rings. The summed E-state index contributed by atoms with van der Waals surface area (Å²) < 4.78 is 10.9. The number of ether oxygens (including phenoxy) is 1. The number of aryl methyl sites for hydroxylation is 1. The van der Waals surface area contributed by atoms with Gasteiger partial charge in [0.15, 0.2) is 5.76 Å². The molecule has 1 fully saturated rings. The molecule has 2 aromatic heterocycles. The lowest BCUT2D eigenvalue weighted by molar-refractivity contribution is -0.135. The molecule has 1 aliphatic heterocycles. The van der Waals surface area contributed by atoms with E-state index >= 15 is 0 Å². The summed E-state index contributed by atoms with van der Waals surface area (Å²) in [6.07, 6.45) is 3.31. The van der Waals surface area contributed by atoms with Crippen molar-refractivity contribution in [3.05, 3.63) is 57.9 Å². The largest absolute Gasteiger partial charge is 0.502 e. The molecule has 1 unspecified atom stereocenters. The summed E-state index contributed by atoms with van der Waals surface area (Å²) in [4.78, 5) is 30.4. The first kappa shape index (κ1) is 17.2. The number of carbonyl (C=O) groups excluding carboxylic acids is 1. The van der Waals surface area contributed by atoms with Crippen LogP contribution in [-0.2, 0) is 9.53 Å². The maximum atomic E-state index is 12.7. The Morgan fingerprint density at radius 1 is 1.40 bits per heavy atom. The highest BCUT2D eigenvalue weighted by Gasteiger charge is 2.28. The van der Waals surface area contributed by atoms with E-state index in [1.165, 1.54) is 6.07 Å². The van der Waals surface area contributed by atoms with Gasteiger partial charge in [-0.2, -0.15) is 0 Å². The molecule has 0 bridgehead atoms. The van der Waals surface area contributed by atoms with Crippen molar-refractivity contribution in [2.45, 2.75) is 19.3 Å². The van der Waals surface area contributed by atoms with Crippen LogP contribution in [0.2, 0.25) is 0 Å². The van der Waals surface area contributed by atoms with Gasteiger partial charge in [-0.25, -0.2) is 0 Å². The molecule has 3 heterocycles. The zero-order valence-electron chi connectivity index (χ0n) is 14.0. The molecule has 1 N–H and O–H groups in total. The minimum atomic E-state index is -0.586. The van der Waals surface area contributed by atoms with Crippen molar-refractivity contribution in [3.8, 4) is 5.75 Å². The summed E-state index contributed by atoms with van der Waals surface area (Å²) in [5.41, 5.74) is 0.180. The zero-order chi connectivity index (χ0) is 17.8. The van der Waals surface area contributed by atoms with Gasteiger partial charge in [0.1, 0.15) is 5.76 Å². The first-order chi connectivity index (χ1) is 12.1. The fourth-order valence-corrected chi connectivity index (χ4v) is 2.92. The monoisotopic (exact) mass is 344 g/mol. The van der Waals surface area contributed by atoms with Crippen molar-refractivity contribution in [1.29, 1.82) is 0 Å². The first-order valence-electron chi connectivity index (χ1n) is 8.15. The van der Waals surface area contributed by atoms with Crippen LogP contribution in [0.3, 0.4) is 0 Å². The maximum absolute atomic E-state index is 12.7. The molecule has 2 aromatic rings. The highest BCUT2D eigenvalue weighted by molar-refractivity contribution is 5.78. The van der Waals surface area contributed by atoms with Crippen LogP contribution in [0.25, 0.3) is 0 Å². The number of aromatic nitrogens is 1. The molecule has 1 saturated heterocycles. The number of amides is 1. The van der Waals surface area contributed by atoms with Gasteiger partial charge in [0.2, 0.25) is 17.1 Å². The fourth-order valence-electron chi connectivity index (χ4n) is 2.92. The zero-order valence-corrected chi connectivity index (χ0v) is 14.0. The lowest BCUT2D eigenvalue weighted by Gasteiger charge is -2.28. The van der Waals surface area contributed by atoms with Crippen LogP contribution < -0.4 is 5.43 Å². The molecule has 1 amide bonds. The predicted octanol–water partition coefficient (Wildman–Crippen LogP) is 1.43. The van der Waals surface area contributed by atoms with Crippen molar-refractivity contribution in [2.24, 2.45) is 0 Å². The van der Waals surface area contributed by atoms with E-state index in [1.54, 1.807) is 36.4 Å². The van der Waals surface area contributed by atoms with E-state index < -0.39 is 17.1 Å². The summed E-state index contributed by atoms with van der Waals surface area (Å²) in [6.45, 7) is 3.71. The van der Waals surface area contributed by atoms with Gasteiger partial charge in [-0.1, -0.05) is 6.07 Å². The number of hydrogen-bond donors (Lipinski definition) is 1. The smallest absolute Gasteiger partial charge is 0.227 e. The molecule has 0 radical (unpaired) electrons. The molecule has 1 atom stereocenters. The van der Waals surface area contributed by atoms with Gasteiger partial charge < -0.3 is 19.2 Å². The van der Waals surface area contributed by atoms with E-state index in [-0.39, 0.29) is 18.1 Å².